The fraction of sp³-hybridized carbons (Fsp3) is 0.556. The van der Waals surface area contributed by atoms with Crippen LogP contribution in [0.1, 0.15) is 30.5 Å². The van der Waals surface area contributed by atoms with Crippen molar-refractivity contribution >= 4 is 52.9 Å². The number of piperazine rings is 1. The van der Waals surface area contributed by atoms with Crippen LogP contribution in [-0.2, 0) is 18.3 Å². The quantitative estimate of drug-likeness (QED) is 0.374. The molecule has 1 amide bonds. The summed E-state index contributed by atoms with van der Waals surface area (Å²) >= 11 is 1.71. The second kappa shape index (κ2) is 10.2. The van der Waals surface area contributed by atoms with Crippen molar-refractivity contribution in [3.8, 4) is 0 Å². The molecule has 0 atom stereocenters. The Balaban J connectivity index is 0.00000280. The number of rotatable bonds is 5. The first kappa shape index (κ1) is 22.6. The van der Waals surface area contributed by atoms with Gasteiger partial charge in [-0.3, -0.25) is 14.5 Å². The third-order valence-corrected chi connectivity index (χ3v) is 5.66. The second-order valence-corrected chi connectivity index (χ2v) is 7.78. The minimum Gasteiger partial charge on any atom is -0.356 e. The van der Waals surface area contributed by atoms with Crippen LogP contribution < -0.4 is 10.2 Å². The Hall–Kier alpha value is -1.69. The predicted octanol–water partition coefficient (Wildman–Crippen LogP) is 2.08. The highest BCUT2D eigenvalue weighted by atomic mass is 127. The molecule has 1 fully saturated rings. The molecule has 28 heavy (non-hydrogen) atoms. The van der Waals surface area contributed by atoms with Crippen LogP contribution in [0.25, 0.3) is 0 Å². The number of halogens is 1. The van der Waals surface area contributed by atoms with Crippen molar-refractivity contribution in [3.63, 3.8) is 0 Å². The monoisotopic (exact) mass is 517 g/mol. The van der Waals surface area contributed by atoms with Crippen LogP contribution in [0, 0.1) is 0 Å². The highest BCUT2D eigenvalue weighted by Crippen LogP contribution is 2.19. The van der Waals surface area contributed by atoms with E-state index in [-0.39, 0.29) is 29.9 Å². The molecule has 0 unspecified atom stereocenters. The molecule has 1 saturated heterocycles. The molecule has 1 N–H and O–H groups in total. The topological polar surface area (TPSA) is 78.7 Å². The van der Waals surface area contributed by atoms with Gasteiger partial charge in [-0.15, -0.1) is 35.3 Å². The van der Waals surface area contributed by atoms with Crippen molar-refractivity contribution in [1.82, 2.24) is 25.0 Å². The zero-order valence-electron chi connectivity index (χ0n) is 16.8. The Kier molecular flexibility index (Phi) is 8.23. The van der Waals surface area contributed by atoms with Crippen LogP contribution in [0.2, 0.25) is 0 Å². The second-order valence-electron chi connectivity index (χ2n) is 6.89. The van der Waals surface area contributed by atoms with Gasteiger partial charge in [0.15, 0.2) is 5.96 Å². The summed E-state index contributed by atoms with van der Waals surface area (Å²) in [4.78, 5) is 25.3. The summed E-state index contributed by atoms with van der Waals surface area (Å²) in [6.45, 7) is 6.72. The van der Waals surface area contributed by atoms with Crippen LogP contribution in [0.5, 0.6) is 0 Å². The van der Waals surface area contributed by atoms with Gasteiger partial charge in [-0.2, -0.15) is 5.10 Å². The lowest BCUT2D eigenvalue weighted by Gasteiger charge is -2.35. The molecule has 0 spiro atoms. The van der Waals surface area contributed by atoms with Gasteiger partial charge in [0.1, 0.15) is 6.54 Å². The van der Waals surface area contributed by atoms with Crippen LogP contribution >= 0.6 is 35.3 Å². The summed E-state index contributed by atoms with van der Waals surface area (Å²) in [6, 6.07) is 0. The molecule has 0 aromatic carbocycles. The number of guanidine groups is 1. The number of aliphatic imine (C=N–C) groups is 1. The van der Waals surface area contributed by atoms with E-state index in [1.165, 1.54) is 5.01 Å². The highest BCUT2D eigenvalue weighted by molar-refractivity contribution is 14.0. The molecule has 1 aliphatic heterocycles. The molecule has 154 valence electrons. The van der Waals surface area contributed by atoms with Gasteiger partial charge in [-0.25, -0.2) is 4.98 Å². The Labute approximate surface area is 187 Å². The summed E-state index contributed by atoms with van der Waals surface area (Å²) in [5.41, 5.74) is 1.94. The molecule has 1 aliphatic rings. The maximum absolute atomic E-state index is 12.6. The smallest absolute Gasteiger partial charge is 0.246 e. The summed E-state index contributed by atoms with van der Waals surface area (Å²) in [6.07, 6.45) is 4.42. The van der Waals surface area contributed by atoms with Crippen LogP contribution in [0.4, 0.5) is 5.69 Å². The number of aryl methyl sites for hydroxylation is 1. The summed E-state index contributed by atoms with van der Waals surface area (Å²) in [7, 11) is 3.60. The molecule has 0 saturated carbocycles. The van der Waals surface area contributed by atoms with Gasteiger partial charge >= 0.3 is 0 Å². The van der Waals surface area contributed by atoms with E-state index >= 15 is 0 Å². The van der Waals surface area contributed by atoms with Gasteiger partial charge in [0.25, 0.3) is 0 Å². The van der Waals surface area contributed by atoms with Gasteiger partial charge in [0.2, 0.25) is 5.91 Å². The number of nitrogens with one attached hydrogen (secondary N) is 1. The van der Waals surface area contributed by atoms with E-state index in [4.69, 9.17) is 0 Å². The lowest BCUT2D eigenvalue weighted by Crippen LogP contribution is -2.55. The first-order chi connectivity index (χ1) is 13.0. The SMILES string of the molecule is CN=C(NCCc1csc(C(C)C)n1)N1CCN(c2cnn(C)c2)C(=O)C1.I. The number of nitrogens with zero attached hydrogens (tertiary/aromatic N) is 6. The predicted molar refractivity (Wildman–Crippen MR) is 124 cm³/mol. The normalized spacial score (nSPS) is 15.2. The Morgan fingerprint density at radius 3 is 2.75 bits per heavy atom. The molecule has 2 aromatic heterocycles. The van der Waals surface area contributed by atoms with E-state index in [0.717, 1.165) is 36.9 Å². The maximum Gasteiger partial charge on any atom is 0.246 e. The molecule has 10 heteroatoms. The Morgan fingerprint density at radius 2 is 2.18 bits per heavy atom. The van der Waals surface area contributed by atoms with Gasteiger partial charge in [0.05, 0.1) is 22.6 Å². The number of hydrogen-bond donors (Lipinski definition) is 1. The van der Waals surface area contributed by atoms with E-state index in [2.05, 4.69) is 39.6 Å². The number of aromatic nitrogens is 3. The molecule has 0 radical (unpaired) electrons. The molecular weight excluding hydrogens is 489 g/mol. The Morgan fingerprint density at radius 1 is 1.39 bits per heavy atom. The number of hydrogen-bond acceptors (Lipinski definition) is 5. The molecule has 2 aromatic rings. The minimum absolute atomic E-state index is 0. The van der Waals surface area contributed by atoms with Crippen molar-refractivity contribution in [2.45, 2.75) is 26.2 Å². The Bertz CT molecular complexity index is 816. The number of amides is 1. The van der Waals surface area contributed by atoms with Crippen LogP contribution in [-0.4, -0.2) is 64.8 Å². The molecule has 0 aliphatic carbocycles. The first-order valence-corrected chi connectivity index (χ1v) is 10.0. The fourth-order valence-corrected chi connectivity index (χ4v) is 3.88. The standard InChI is InChI=1S/C18H27N7OS.HI/c1-13(2)17-22-14(12-27-17)5-6-20-18(19-3)24-7-8-25(16(26)11-24)15-9-21-23(4)10-15;/h9-10,12-13H,5-8,11H2,1-4H3,(H,19,20);1H. The lowest BCUT2D eigenvalue weighted by molar-refractivity contribution is -0.120. The average Bonchev–Trinajstić information content (AvgIpc) is 3.28. The molecule has 3 heterocycles. The largest absolute Gasteiger partial charge is 0.356 e. The van der Waals surface area contributed by atoms with Crippen molar-refractivity contribution < 1.29 is 4.79 Å². The summed E-state index contributed by atoms with van der Waals surface area (Å²) in [5.74, 6) is 1.28. The molecular formula is C18H28IN7OS. The lowest BCUT2D eigenvalue weighted by atomic mass is 10.2. The van der Waals surface area contributed by atoms with Gasteiger partial charge in [-0.05, 0) is 0 Å². The van der Waals surface area contributed by atoms with Gasteiger partial charge in [0, 0.05) is 57.6 Å². The zero-order valence-corrected chi connectivity index (χ0v) is 19.9. The third kappa shape index (κ3) is 5.43. The number of carbonyl (C=O) groups is 1. The summed E-state index contributed by atoms with van der Waals surface area (Å²) in [5, 5.41) is 10.8. The first-order valence-electron chi connectivity index (χ1n) is 9.17. The summed E-state index contributed by atoms with van der Waals surface area (Å²) < 4.78 is 1.71. The van der Waals surface area contributed by atoms with Crippen molar-refractivity contribution in [3.05, 3.63) is 28.5 Å². The van der Waals surface area contributed by atoms with Crippen molar-refractivity contribution in [1.29, 1.82) is 0 Å². The van der Waals surface area contributed by atoms with Gasteiger partial charge < -0.3 is 15.1 Å². The zero-order chi connectivity index (χ0) is 19.4. The van der Waals surface area contributed by atoms with E-state index in [1.807, 2.05) is 18.1 Å². The molecule has 8 nitrogen and oxygen atoms in total. The molecule has 3 rings (SSSR count). The van der Waals surface area contributed by atoms with Gasteiger partial charge in [-0.1, -0.05) is 13.8 Å². The van der Waals surface area contributed by atoms with Crippen LogP contribution in [0.15, 0.2) is 22.8 Å². The van der Waals surface area contributed by atoms with E-state index in [0.29, 0.717) is 19.0 Å². The number of anilines is 1. The average molecular weight is 517 g/mol. The van der Waals surface area contributed by atoms with Crippen molar-refractivity contribution in [2.75, 3.05) is 38.1 Å². The van der Waals surface area contributed by atoms with Crippen molar-refractivity contribution in [2.24, 2.45) is 12.0 Å². The molecule has 0 bridgehead atoms. The number of thiazole rings is 1. The fourth-order valence-electron chi connectivity index (χ4n) is 3.01. The third-order valence-electron chi connectivity index (χ3n) is 4.46. The van der Waals surface area contributed by atoms with Crippen LogP contribution in [0.3, 0.4) is 0 Å². The maximum atomic E-state index is 12.6. The minimum atomic E-state index is 0. The highest BCUT2D eigenvalue weighted by Gasteiger charge is 2.27. The van der Waals surface area contributed by atoms with E-state index in [1.54, 1.807) is 34.2 Å². The van der Waals surface area contributed by atoms with E-state index < -0.39 is 0 Å². The number of carbonyl (C=O) groups excluding carboxylic acids is 1. The van der Waals surface area contributed by atoms with E-state index in [9.17, 15) is 4.79 Å².